The molecule has 0 N–H and O–H groups in total. The molecule has 9 aromatic carbocycles. The molecule has 0 saturated carbocycles. The van der Waals surface area contributed by atoms with Crippen LogP contribution in [-0.2, 0) is 7.05 Å². The SMILES string of the molecule is Cc1ccc(N(c2ccc(C)cc2)c2cc3c4c(c2)N(c2ccc(C)cc2)c2ccc(C)cc2B4c2cc(N(c4ccc(C)cc4)c4ccc(C)cc4)c4c5ccccc5n(C)c4c2O3)cc1. The predicted molar refractivity (Wildman–Crippen MR) is 284 cm³/mol. The summed E-state index contributed by atoms with van der Waals surface area (Å²) in [7, 11) is 2.20. The number of benzene rings is 9. The molecule has 0 aliphatic carbocycles. The summed E-state index contributed by atoms with van der Waals surface area (Å²) in [4.78, 5) is 7.29. The van der Waals surface area contributed by atoms with E-state index in [-0.39, 0.29) is 6.71 Å². The normalized spacial score (nSPS) is 12.5. The number of anilines is 9. The summed E-state index contributed by atoms with van der Waals surface area (Å²) in [5.41, 5.74) is 22.9. The van der Waals surface area contributed by atoms with Crippen LogP contribution in [-0.4, -0.2) is 11.3 Å². The van der Waals surface area contributed by atoms with E-state index in [0.717, 1.165) is 90.0 Å². The van der Waals surface area contributed by atoms with E-state index < -0.39 is 0 Å². The van der Waals surface area contributed by atoms with Crippen LogP contribution in [0.5, 0.6) is 11.5 Å². The smallest absolute Gasteiger partial charge is 0.256 e. The highest BCUT2D eigenvalue weighted by atomic mass is 16.5. The van der Waals surface area contributed by atoms with Crippen molar-refractivity contribution in [3.8, 4) is 11.5 Å². The Morgan fingerprint density at radius 3 is 1.52 bits per heavy atom. The lowest BCUT2D eigenvalue weighted by molar-refractivity contribution is 0.491. The number of aromatic nitrogens is 1. The Bertz CT molecular complexity index is 3470. The fourth-order valence-electron chi connectivity index (χ4n) is 10.6. The van der Waals surface area contributed by atoms with E-state index in [1.165, 1.54) is 44.2 Å². The molecule has 0 atom stereocenters. The summed E-state index contributed by atoms with van der Waals surface area (Å²) in [6.45, 7) is 12.8. The van der Waals surface area contributed by atoms with Crippen molar-refractivity contribution in [2.24, 2.45) is 7.05 Å². The Morgan fingerprint density at radius 1 is 0.448 bits per heavy atom. The largest absolute Gasteiger partial charge is 0.456 e. The van der Waals surface area contributed by atoms with Crippen LogP contribution in [0.4, 0.5) is 51.2 Å². The monoisotopic (exact) mass is 866 g/mol. The van der Waals surface area contributed by atoms with Crippen LogP contribution in [0.2, 0.25) is 0 Å². The molecular formula is C61H51BN4O. The summed E-state index contributed by atoms with van der Waals surface area (Å²) < 4.78 is 10.0. The molecule has 12 rings (SSSR count). The second-order valence-electron chi connectivity index (χ2n) is 18.8. The maximum absolute atomic E-state index is 7.68. The molecule has 0 radical (unpaired) electrons. The Morgan fingerprint density at radius 2 is 0.955 bits per heavy atom. The van der Waals surface area contributed by atoms with Crippen molar-refractivity contribution in [3.63, 3.8) is 0 Å². The van der Waals surface area contributed by atoms with Gasteiger partial charge in [0.25, 0.3) is 6.71 Å². The molecule has 0 bridgehead atoms. The van der Waals surface area contributed by atoms with Gasteiger partial charge in [-0.05, 0) is 143 Å². The molecule has 0 spiro atoms. The molecule has 3 heterocycles. The summed E-state index contributed by atoms with van der Waals surface area (Å²) in [6, 6.07) is 67.5. The molecule has 5 nitrogen and oxygen atoms in total. The average molecular weight is 867 g/mol. The first-order valence-corrected chi connectivity index (χ1v) is 23.3. The van der Waals surface area contributed by atoms with E-state index in [0.29, 0.717) is 0 Å². The Labute approximate surface area is 393 Å². The van der Waals surface area contributed by atoms with Crippen molar-refractivity contribution < 1.29 is 4.74 Å². The third kappa shape index (κ3) is 6.61. The third-order valence-corrected chi connectivity index (χ3v) is 14.0. The summed E-state index contributed by atoms with van der Waals surface area (Å²) in [5, 5.41) is 2.33. The quantitative estimate of drug-likeness (QED) is 0.149. The maximum atomic E-state index is 7.68. The van der Waals surface area contributed by atoms with Crippen LogP contribution in [0, 0.1) is 41.5 Å². The van der Waals surface area contributed by atoms with E-state index in [9.17, 15) is 0 Å². The summed E-state index contributed by atoms with van der Waals surface area (Å²) in [5.74, 6) is 1.74. The molecule has 0 unspecified atom stereocenters. The van der Waals surface area contributed by atoms with Gasteiger partial charge in [-0.15, -0.1) is 0 Å². The van der Waals surface area contributed by atoms with Crippen LogP contribution in [0.15, 0.2) is 182 Å². The van der Waals surface area contributed by atoms with Crippen molar-refractivity contribution in [3.05, 3.63) is 215 Å². The van der Waals surface area contributed by atoms with Crippen LogP contribution in [0.1, 0.15) is 33.4 Å². The molecule has 6 heteroatoms. The lowest BCUT2D eigenvalue weighted by Gasteiger charge is -2.41. The zero-order valence-corrected chi connectivity index (χ0v) is 39.1. The number of rotatable bonds is 7. The highest BCUT2D eigenvalue weighted by Gasteiger charge is 2.44. The van der Waals surface area contributed by atoms with E-state index in [2.05, 4.69) is 250 Å². The molecule has 324 valence electrons. The van der Waals surface area contributed by atoms with Crippen molar-refractivity contribution >= 4 is 96.1 Å². The zero-order valence-electron chi connectivity index (χ0n) is 39.1. The van der Waals surface area contributed by atoms with Crippen molar-refractivity contribution in [2.75, 3.05) is 14.7 Å². The predicted octanol–water partition coefficient (Wildman–Crippen LogP) is 14.5. The van der Waals surface area contributed by atoms with Gasteiger partial charge in [-0.1, -0.05) is 124 Å². The third-order valence-electron chi connectivity index (χ3n) is 14.0. The van der Waals surface area contributed by atoms with Gasteiger partial charge in [0, 0.05) is 69.2 Å². The fourth-order valence-corrected chi connectivity index (χ4v) is 10.6. The Hall–Kier alpha value is -7.96. The molecule has 0 saturated heterocycles. The van der Waals surface area contributed by atoms with Crippen molar-refractivity contribution in [1.82, 2.24) is 4.57 Å². The van der Waals surface area contributed by atoms with Gasteiger partial charge in [0.1, 0.15) is 11.5 Å². The minimum absolute atomic E-state index is 0.148. The van der Waals surface area contributed by atoms with Gasteiger partial charge in [0.05, 0.1) is 16.9 Å². The number of hydrogen-bond acceptors (Lipinski definition) is 4. The van der Waals surface area contributed by atoms with Gasteiger partial charge in [0.15, 0.2) is 0 Å². The molecule has 2 aliphatic rings. The second kappa shape index (κ2) is 15.6. The molecule has 0 fully saturated rings. The lowest BCUT2D eigenvalue weighted by Crippen LogP contribution is -2.59. The number of fused-ring (bicyclic) bond motifs is 8. The molecule has 1 aromatic heterocycles. The van der Waals surface area contributed by atoms with Gasteiger partial charge in [0.2, 0.25) is 0 Å². The van der Waals surface area contributed by atoms with Crippen molar-refractivity contribution in [2.45, 2.75) is 41.5 Å². The first-order chi connectivity index (χ1) is 32.6. The number of hydrogen-bond donors (Lipinski definition) is 0. The molecular weight excluding hydrogens is 816 g/mol. The first kappa shape index (κ1) is 40.5. The van der Waals surface area contributed by atoms with Crippen LogP contribution < -0.4 is 35.8 Å². The van der Waals surface area contributed by atoms with Gasteiger partial charge in [-0.3, -0.25) is 0 Å². The number of nitrogens with zero attached hydrogens (tertiary/aromatic N) is 4. The summed E-state index contributed by atoms with van der Waals surface area (Å²) in [6.07, 6.45) is 0. The minimum atomic E-state index is -0.148. The molecule has 10 aromatic rings. The first-order valence-electron chi connectivity index (χ1n) is 23.3. The minimum Gasteiger partial charge on any atom is -0.456 e. The van der Waals surface area contributed by atoms with E-state index >= 15 is 0 Å². The second-order valence-corrected chi connectivity index (χ2v) is 18.8. The highest BCUT2D eigenvalue weighted by molar-refractivity contribution is 6.99. The molecule has 0 amide bonds. The average Bonchev–Trinajstić information content (AvgIpc) is 3.64. The lowest BCUT2D eigenvalue weighted by atomic mass is 9.34. The maximum Gasteiger partial charge on any atom is 0.256 e. The van der Waals surface area contributed by atoms with E-state index in [4.69, 9.17) is 4.74 Å². The van der Waals surface area contributed by atoms with Gasteiger partial charge >= 0.3 is 0 Å². The Kier molecular flexibility index (Phi) is 9.44. The Balaban J connectivity index is 1.20. The van der Waals surface area contributed by atoms with Gasteiger partial charge in [-0.25, -0.2) is 0 Å². The zero-order chi connectivity index (χ0) is 45.7. The van der Waals surface area contributed by atoms with Crippen LogP contribution in [0.25, 0.3) is 21.8 Å². The molecule has 2 aliphatic heterocycles. The number of aryl methyl sites for hydroxylation is 7. The summed E-state index contributed by atoms with van der Waals surface area (Å²) >= 11 is 0. The number of para-hydroxylation sites is 1. The van der Waals surface area contributed by atoms with Crippen LogP contribution >= 0.6 is 0 Å². The van der Waals surface area contributed by atoms with E-state index in [1.54, 1.807) is 0 Å². The number of ether oxygens (including phenoxy) is 1. The van der Waals surface area contributed by atoms with E-state index in [1.807, 2.05) is 0 Å². The fraction of sp³-hybridized carbons (Fsp3) is 0.115. The standard InChI is InChI=1S/C61H51BN4O/c1-38-12-23-44(24-13-38)64(45-25-14-39(2)15-26-45)49-35-56-59-57(36-49)67-61-52(62(59)51-34-43(6)22-33-54(51)66(56)48-31-20-42(5)21-32-48)37-55(58-50-10-8-9-11-53(50)63(7)60(58)61)65(46-27-16-40(3)17-28-46)47-29-18-41(4)19-30-47/h8-37H,1-7H3. The van der Waals surface area contributed by atoms with Crippen molar-refractivity contribution in [1.29, 1.82) is 0 Å². The topological polar surface area (TPSA) is 23.9 Å². The van der Waals surface area contributed by atoms with Gasteiger partial charge in [-0.2, -0.15) is 0 Å². The van der Waals surface area contributed by atoms with Gasteiger partial charge < -0.3 is 24.0 Å². The highest BCUT2D eigenvalue weighted by Crippen LogP contribution is 2.50. The van der Waals surface area contributed by atoms with Crippen LogP contribution in [0.3, 0.4) is 0 Å². The molecule has 67 heavy (non-hydrogen) atoms.